The summed E-state index contributed by atoms with van der Waals surface area (Å²) in [6, 6.07) is 10.7. The van der Waals surface area contributed by atoms with Gasteiger partial charge in [0.15, 0.2) is 0 Å². The molecule has 0 saturated carbocycles. The lowest BCUT2D eigenvalue weighted by atomic mass is 10.1. The summed E-state index contributed by atoms with van der Waals surface area (Å²) in [7, 11) is 0. The van der Waals surface area contributed by atoms with E-state index in [-0.39, 0.29) is 13.1 Å². The van der Waals surface area contributed by atoms with Crippen molar-refractivity contribution < 1.29 is 4.79 Å². The van der Waals surface area contributed by atoms with Crippen molar-refractivity contribution in [2.75, 3.05) is 6.54 Å². The average molecular weight is 330 g/mol. The van der Waals surface area contributed by atoms with Crippen molar-refractivity contribution in [3.63, 3.8) is 0 Å². The first-order valence-electron chi connectivity index (χ1n) is 7.66. The SMILES string of the molecule is CC(C)(N)CNC(=O)Cn1c(=O)ccn(Cc2ccccc2)c1=O. The molecule has 1 amide bonds. The second-order valence-electron chi connectivity index (χ2n) is 6.40. The molecule has 1 heterocycles. The van der Waals surface area contributed by atoms with Crippen molar-refractivity contribution in [3.05, 3.63) is 69.0 Å². The fourth-order valence-electron chi connectivity index (χ4n) is 2.13. The van der Waals surface area contributed by atoms with Crippen molar-refractivity contribution in [2.24, 2.45) is 5.73 Å². The molecule has 1 aromatic carbocycles. The van der Waals surface area contributed by atoms with Gasteiger partial charge in [-0.15, -0.1) is 0 Å². The topological polar surface area (TPSA) is 99.1 Å². The normalized spacial score (nSPS) is 11.3. The molecular weight excluding hydrogens is 308 g/mol. The van der Waals surface area contributed by atoms with E-state index in [1.54, 1.807) is 13.8 Å². The molecule has 0 aliphatic carbocycles. The second kappa shape index (κ2) is 7.27. The summed E-state index contributed by atoms with van der Waals surface area (Å²) in [5.41, 5.74) is 5.14. The zero-order chi connectivity index (χ0) is 17.7. The minimum Gasteiger partial charge on any atom is -0.353 e. The van der Waals surface area contributed by atoms with Crippen LogP contribution in [0.4, 0.5) is 0 Å². The molecule has 24 heavy (non-hydrogen) atoms. The Morgan fingerprint density at radius 2 is 1.83 bits per heavy atom. The number of carbonyl (C=O) groups excluding carboxylic acids is 1. The highest BCUT2D eigenvalue weighted by Crippen LogP contribution is 1.99. The molecule has 0 aliphatic heterocycles. The first kappa shape index (κ1) is 17.7. The van der Waals surface area contributed by atoms with Crippen LogP contribution in [0, 0.1) is 0 Å². The van der Waals surface area contributed by atoms with Crippen LogP contribution in [0.15, 0.2) is 52.2 Å². The van der Waals surface area contributed by atoms with E-state index < -0.39 is 22.7 Å². The van der Waals surface area contributed by atoms with Gasteiger partial charge in [0.25, 0.3) is 5.56 Å². The van der Waals surface area contributed by atoms with Crippen molar-refractivity contribution in [3.8, 4) is 0 Å². The average Bonchev–Trinajstić information content (AvgIpc) is 2.52. The summed E-state index contributed by atoms with van der Waals surface area (Å²) in [5.74, 6) is -0.426. The molecule has 2 rings (SSSR count). The molecule has 7 nitrogen and oxygen atoms in total. The number of hydrogen-bond donors (Lipinski definition) is 2. The summed E-state index contributed by atoms with van der Waals surface area (Å²) in [4.78, 5) is 36.3. The number of nitrogens with zero attached hydrogens (tertiary/aromatic N) is 2. The van der Waals surface area contributed by atoms with Crippen molar-refractivity contribution in [2.45, 2.75) is 32.5 Å². The van der Waals surface area contributed by atoms with Crippen LogP contribution in [0.1, 0.15) is 19.4 Å². The zero-order valence-corrected chi connectivity index (χ0v) is 13.9. The van der Waals surface area contributed by atoms with E-state index in [1.165, 1.54) is 16.8 Å². The molecule has 128 valence electrons. The van der Waals surface area contributed by atoms with Crippen LogP contribution in [0.3, 0.4) is 0 Å². The third-order valence-corrected chi connectivity index (χ3v) is 3.38. The highest BCUT2D eigenvalue weighted by atomic mass is 16.2. The summed E-state index contributed by atoms with van der Waals surface area (Å²) in [6.07, 6.45) is 1.44. The predicted molar refractivity (Wildman–Crippen MR) is 91.8 cm³/mol. The number of carbonyl (C=O) groups is 1. The Balaban J connectivity index is 2.18. The largest absolute Gasteiger partial charge is 0.353 e. The molecule has 0 unspecified atom stereocenters. The summed E-state index contributed by atoms with van der Waals surface area (Å²) < 4.78 is 2.32. The number of nitrogens with two attached hydrogens (primary N) is 1. The smallest absolute Gasteiger partial charge is 0.331 e. The van der Waals surface area contributed by atoms with E-state index >= 15 is 0 Å². The lowest BCUT2D eigenvalue weighted by Gasteiger charge is -2.19. The van der Waals surface area contributed by atoms with Crippen molar-refractivity contribution >= 4 is 5.91 Å². The van der Waals surface area contributed by atoms with Crippen LogP contribution in [-0.4, -0.2) is 27.1 Å². The van der Waals surface area contributed by atoms with E-state index in [1.807, 2.05) is 30.3 Å². The molecule has 2 aromatic rings. The third-order valence-electron chi connectivity index (χ3n) is 3.38. The third kappa shape index (κ3) is 4.92. The molecular formula is C17H22N4O3. The first-order valence-corrected chi connectivity index (χ1v) is 7.66. The van der Waals surface area contributed by atoms with E-state index in [2.05, 4.69) is 5.32 Å². The summed E-state index contributed by atoms with van der Waals surface area (Å²) in [6.45, 7) is 3.80. The van der Waals surface area contributed by atoms with Gasteiger partial charge in [-0.2, -0.15) is 0 Å². The molecule has 0 fully saturated rings. The Morgan fingerprint density at radius 3 is 2.46 bits per heavy atom. The maximum absolute atomic E-state index is 12.5. The highest BCUT2D eigenvalue weighted by Gasteiger charge is 2.14. The van der Waals surface area contributed by atoms with Crippen LogP contribution in [0.25, 0.3) is 0 Å². The van der Waals surface area contributed by atoms with Gasteiger partial charge in [0, 0.05) is 24.3 Å². The maximum atomic E-state index is 12.5. The van der Waals surface area contributed by atoms with Gasteiger partial charge in [-0.3, -0.25) is 18.7 Å². The number of rotatable bonds is 6. The van der Waals surface area contributed by atoms with E-state index in [0.29, 0.717) is 6.54 Å². The number of hydrogen-bond acceptors (Lipinski definition) is 4. The van der Waals surface area contributed by atoms with Crippen LogP contribution in [0.2, 0.25) is 0 Å². The quantitative estimate of drug-likeness (QED) is 0.773. The Kier molecular flexibility index (Phi) is 5.35. The number of benzene rings is 1. The fraction of sp³-hybridized carbons (Fsp3) is 0.353. The number of amides is 1. The second-order valence-corrected chi connectivity index (χ2v) is 6.40. The van der Waals surface area contributed by atoms with Gasteiger partial charge in [-0.05, 0) is 19.4 Å². The minimum atomic E-state index is -0.565. The van der Waals surface area contributed by atoms with Crippen LogP contribution >= 0.6 is 0 Å². The number of aromatic nitrogens is 2. The lowest BCUT2D eigenvalue weighted by Crippen LogP contribution is -2.48. The molecule has 7 heteroatoms. The van der Waals surface area contributed by atoms with Gasteiger partial charge in [0.05, 0.1) is 6.54 Å². The van der Waals surface area contributed by atoms with E-state index in [0.717, 1.165) is 10.1 Å². The molecule has 1 aromatic heterocycles. The zero-order valence-electron chi connectivity index (χ0n) is 13.9. The highest BCUT2D eigenvalue weighted by molar-refractivity contribution is 5.75. The Labute approximate surface area is 139 Å². The van der Waals surface area contributed by atoms with E-state index in [9.17, 15) is 14.4 Å². The Bertz CT molecular complexity index is 816. The Hall–Kier alpha value is -2.67. The number of nitrogens with one attached hydrogen (secondary N) is 1. The Morgan fingerprint density at radius 1 is 1.17 bits per heavy atom. The minimum absolute atomic E-state index is 0.256. The van der Waals surface area contributed by atoms with Gasteiger partial charge in [-0.25, -0.2) is 4.79 Å². The maximum Gasteiger partial charge on any atom is 0.331 e. The molecule has 0 saturated heterocycles. The van der Waals surface area contributed by atoms with Gasteiger partial charge in [0.1, 0.15) is 6.54 Å². The predicted octanol–water partition coefficient (Wildman–Crippen LogP) is -0.0882. The fourth-order valence-corrected chi connectivity index (χ4v) is 2.13. The molecule has 0 atom stereocenters. The standard InChI is InChI=1S/C17H22N4O3/c1-17(2,18)12-19-14(22)11-21-15(23)8-9-20(16(21)24)10-13-6-4-3-5-7-13/h3-9H,10-12,18H2,1-2H3,(H,19,22). The van der Waals surface area contributed by atoms with E-state index in [4.69, 9.17) is 5.73 Å². The molecule has 3 N–H and O–H groups in total. The monoisotopic (exact) mass is 330 g/mol. The van der Waals surface area contributed by atoms with Gasteiger partial charge in [0.2, 0.25) is 5.91 Å². The molecule has 0 radical (unpaired) electrons. The molecule has 0 spiro atoms. The van der Waals surface area contributed by atoms with Crippen molar-refractivity contribution in [1.82, 2.24) is 14.5 Å². The lowest BCUT2D eigenvalue weighted by molar-refractivity contribution is -0.122. The summed E-state index contributed by atoms with van der Waals surface area (Å²) in [5, 5.41) is 2.62. The van der Waals surface area contributed by atoms with Gasteiger partial charge >= 0.3 is 5.69 Å². The molecule has 0 bridgehead atoms. The summed E-state index contributed by atoms with van der Waals surface area (Å²) >= 11 is 0. The van der Waals surface area contributed by atoms with Crippen molar-refractivity contribution in [1.29, 1.82) is 0 Å². The van der Waals surface area contributed by atoms with Gasteiger partial charge in [-0.1, -0.05) is 30.3 Å². The van der Waals surface area contributed by atoms with Crippen LogP contribution in [-0.2, 0) is 17.9 Å². The van der Waals surface area contributed by atoms with Gasteiger partial charge < -0.3 is 11.1 Å². The van der Waals surface area contributed by atoms with Crippen LogP contribution in [0.5, 0.6) is 0 Å². The first-order chi connectivity index (χ1) is 11.3. The van der Waals surface area contributed by atoms with Crippen LogP contribution < -0.4 is 22.3 Å². The molecule has 0 aliphatic rings.